The second-order valence-corrected chi connectivity index (χ2v) is 10.6. The summed E-state index contributed by atoms with van der Waals surface area (Å²) in [6, 6.07) is 2.73. The first kappa shape index (κ1) is 23.1. The zero-order valence-corrected chi connectivity index (χ0v) is 19.6. The maximum atomic E-state index is 12.5. The number of carbonyl (C=O) groups is 1. The predicted octanol–water partition coefficient (Wildman–Crippen LogP) is 2.91. The van der Waals surface area contributed by atoms with Gasteiger partial charge in [0.15, 0.2) is 16.6 Å². The Balaban J connectivity index is 1.71. The number of nitrogens with one attached hydrogen (secondary N) is 2. The number of anilines is 2. The van der Waals surface area contributed by atoms with Gasteiger partial charge >= 0.3 is 6.03 Å². The first-order valence-corrected chi connectivity index (χ1v) is 11.9. The third kappa shape index (κ3) is 4.86. The molecule has 0 atom stereocenters. The van der Waals surface area contributed by atoms with E-state index in [0.29, 0.717) is 41.0 Å². The number of carbonyl (C=O) groups excluding carboxylic acids is 1. The van der Waals surface area contributed by atoms with Crippen LogP contribution in [0.1, 0.15) is 24.4 Å². The normalized spacial score (nSPS) is 14.1. The number of benzene rings is 1. The van der Waals surface area contributed by atoms with Crippen LogP contribution in [0.4, 0.5) is 15.6 Å². The molecule has 3 rings (SSSR count). The Hall–Kier alpha value is -2.57. The molecule has 1 aromatic carbocycles. The van der Waals surface area contributed by atoms with E-state index in [1.54, 1.807) is 26.0 Å². The lowest BCUT2D eigenvalue weighted by Gasteiger charge is -2.26. The van der Waals surface area contributed by atoms with E-state index in [9.17, 15) is 13.2 Å². The number of thiazole rings is 1. The highest BCUT2D eigenvalue weighted by Crippen LogP contribution is 2.40. The number of sulfonamides is 1. The molecule has 31 heavy (non-hydrogen) atoms. The second-order valence-electron chi connectivity index (χ2n) is 7.06. The fourth-order valence-electron chi connectivity index (χ4n) is 3.15. The molecule has 0 fully saturated rings. The summed E-state index contributed by atoms with van der Waals surface area (Å²) in [5.74, 6) is 1.24. The summed E-state index contributed by atoms with van der Waals surface area (Å²) < 4.78 is 42.2. The van der Waals surface area contributed by atoms with E-state index >= 15 is 0 Å². The summed E-state index contributed by atoms with van der Waals surface area (Å²) in [5.41, 5.74) is 1.26. The van der Waals surface area contributed by atoms with Gasteiger partial charge in [0.1, 0.15) is 0 Å². The van der Waals surface area contributed by atoms with Crippen molar-refractivity contribution >= 4 is 38.2 Å². The molecular formula is C19H26N4O6S2. The number of nitrogens with zero attached hydrogens (tertiary/aromatic N) is 2. The summed E-state index contributed by atoms with van der Waals surface area (Å²) in [6.07, 6.45) is 0.508. The Morgan fingerprint density at radius 3 is 2.32 bits per heavy atom. The molecule has 1 aliphatic rings. The molecule has 0 aliphatic carbocycles. The molecule has 0 bridgehead atoms. The molecule has 2 N–H and O–H groups in total. The lowest BCUT2D eigenvalue weighted by molar-refractivity contribution is 0.262. The molecule has 0 saturated heterocycles. The Kier molecular flexibility index (Phi) is 6.92. The number of hydrogen-bond donors (Lipinski definition) is 2. The van der Waals surface area contributed by atoms with Gasteiger partial charge in [-0.3, -0.25) is 5.32 Å². The molecule has 2 aromatic rings. The van der Waals surface area contributed by atoms with E-state index in [1.165, 1.54) is 37.0 Å². The zero-order valence-electron chi connectivity index (χ0n) is 18.0. The third-order valence-electron chi connectivity index (χ3n) is 4.79. The van der Waals surface area contributed by atoms with Crippen LogP contribution in [0, 0.1) is 0 Å². The zero-order chi connectivity index (χ0) is 22.8. The average molecular weight is 471 g/mol. The molecule has 0 spiro atoms. The number of urea groups is 1. The van der Waals surface area contributed by atoms with Gasteiger partial charge in [0.2, 0.25) is 15.8 Å². The van der Waals surface area contributed by atoms with Gasteiger partial charge in [0, 0.05) is 36.5 Å². The van der Waals surface area contributed by atoms with Crippen molar-refractivity contribution in [3.05, 3.63) is 22.7 Å². The van der Waals surface area contributed by atoms with E-state index < -0.39 is 21.3 Å². The minimum Gasteiger partial charge on any atom is -0.493 e. The van der Waals surface area contributed by atoms with Crippen LogP contribution in [0.25, 0.3) is 0 Å². The van der Waals surface area contributed by atoms with Gasteiger partial charge in [-0.1, -0.05) is 11.3 Å². The maximum absolute atomic E-state index is 12.5. The highest BCUT2D eigenvalue weighted by Gasteiger charge is 2.31. The van der Waals surface area contributed by atoms with Crippen molar-refractivity contribution in [1.29, 1.82) is 0 Å². The van der Waals surface area contributed by atoms with Crippen molar-refractivity contribution in [2.24, 2.45) is 0 Å². The van der Waals surface area contributed by atoms with Gasteiger partial charge in [0.25, 0.3) is 0 Å². The van der Waals surface area contributed by atoms with Crippen molar-refractivity contribution < 1.29 is 27.4 Å². The Morgan fingerprint density at radius 2 is 1.77 bits per heavy atom. The van der Waals surface area contributed by atoms with Gasteiger partial charge in [-0.05, 0) is 13.8 Å². The van der Waals surface area contributed by atoms with E-state index in [2.05, 4.69) is 15.6 Å². The van der Waals surface area contributed by atoms with E-state index in [-0.39, 0.29) is 6.54 Å². The van der Waals surface area contributed by atoms with Crippen molar-refractivity contribution in [2.75, 3.05) is 38.5 Å². The number of amides is 2. The van der Waals surface area contributed by atoms with Crippen LogP contribution in [-0.4, -0.2) is 56.9 Å². The number of methoxy groups -OCH3 is 3. The minimum atomic E-state index is -3.34. The summed E-state index contributed by atoms with van der Waals surface area (Å²) in [4.78, 5) is 17.8. The topological polar surface area (TPSA) is 119 Å². The highest BCUT2D eigenvalue weighted by molar-refractivity contribution is 7.89. The highest BCUT2D eigenvalue weighted by atomic mass is 32.2. The largest absolute Gasteiger partial charge is 0.493 e. The number of fused-ring (bicyclic) bond motifs is 1. The maximum Gasteiger partial charge on any atom is 0.325 e. The summed E-state index contributed by atoms with van der Waals surface area (Å²) in [7, 11) is 1.14. The summed E-state index contributed by atoms with van der Waals surface area (Å²) in [6.45, 7) is 3.98. The van der Waals surface area contributed by atoms with Gasteiger partial charge in [0.05, 0.1) is 38.0 Å². The van der Waals surface area contributed by atoms with Gasteiger partial charge < -0.3 is 19.5 Å². The SMILES string of the molecule is COc1cc(NC(=O)Nc2nc3c(s2)CN(S(=O)(=O)C(C)C)CC3)cc(OC)c1OC. The van der Waals surface area contributed by atoms with Crippen LogP contribution in [0.15, 0.2) is 12.1 Å². The monoisotopic (exact) mass is 470 g/mol. The third-order valence-corrected chi connectivity index (χ3v) is 8.02. The Bertz CT molecular complexity index is 1040. The lowest BCUT2D eigenvalue weighted by atomic mass is 10.2. The van der Waals surface area contributed by atoms with Gasteiger partial charge in [-0.25, -0.2) is 18.2 Å². The Morgan fingerprint density at radius 1 is 1.13 bits per heavy atom. The van der Waals surface area contributed by atoms with Crippen LogP contribution >= 0.6 is 11.3 Å². The molecule has 1 aromatic heterocycles. The summed E-state index contributed by atoms with van der Waals surface area (Å²) >= 11 is 1.27. The van der Waals surface area contributed by atoms with E-state index in [4.69, 9.17) is 14.2 Å². The van der Waals surface area contributed by atoms with Crippen LogP contribution in [0.3, 0.4) is 0 Å². The predicted molar refractivity (Wildman–Crippen MR) is 119 cm³/mol. The number of hydrogen-bond acceptors (Lipinski definition) is 8. The fourth-order valence-corrected chi connectivity index (χ4v) is 5.51. The standard InChI is InChI=1S/C19H26N4O6S2/c1-11(2)31(25,26)23-7-6-13-16(10-23)30-19(21-13)22-18(24)20-12-8-14(27-3)17(29-5)15(9-12)28-4/h8-9,11H,6-7,10H2,1-5H3,(H2,20,21,22,24). The number of aromatic nitrogens is 1. The van der Waals surface area contributed by atoms with Crippen LogP contribution in [0.2, 0.25) is 0 Å². The fraction of sp³-hybridized carbons (Fsp3) is 0.474. The van der Waals surface area contributed by atoms with Gasteiger partial charge in [-0.2, -0.15) is 4.31 Å². The number of rotatable bonds is 7. The lowest BCUT2D eigenvalue weighted by Crippen LogP contribution is -2.39. The average Bonchev–Trinajstić information content (AvgIpc) is 3.13. The molecule has 170 valence electrons. The van der Waals surface area contributed by atoms with E-state index in [0.717, 1.165) is 10.6 Å². The van der Waals surface area contributed by atoms with Gasteiger partial charge in [-0.15, -0.1) is 0 Å². The van der Waals surface area contributed by atoms with Crippen LogP contribution in [0.5, 0.6) is 17.2 Å². The first-order valence-electron chi connectivity index (χ1n) is 9.55. The van der Waals surface area contributed by atoms with Crippen LogP contribution in [-0.2, 0) is 23.0 Å². The molecule has 1 aliphatic heterocycles. The van der Waals surface area contributed by atoms with Crippen molar-refractivity contribution in [3.8, 4) is 17.2 Å². The number of ether oxygens (including phenoxy) is 3. The molecule has 0 unspecified atom stereocenters. The van der Waals surface area contributed by atoms with Crippen LogP contribution < -0.4 is 24.8 Å². The minimum absolute atomic E-state index is 0.268. The molecular weight excluding hydrogens is 444 g/mol. The first-order chi connectivity index (χ1) is 14.7. The summed E-state index contributed by atoms with van der Waals surface area (Å²) in [5, 5.41) is 5.34. The van der Waals surface area contributed by atoms with E-state index in [1.807, 2.05) is 0 Å². The molecule has 0 radical (unpaired) electrons. The molecule has 2 amide bonds. The smallest absolute Gasteiger partial charge is 0.325 e. The quantitative estimate of drug-likeness (QED) is 0.638. The molecule has 2 heterocycles. The second kappa shape index (κ2) is 9.28. The molecule has 12 heteroatoms. The molecule has 10 nitrogen and oxygen atoms in total. The van der Waals surface area contributed by atoms with Crippen molar-refractivity contribution in [3.63, 3.8) is 0 Å². The van der Waals surface area contributed by atoms with Crippen molar-refractivity contribution in [1.82, 2.24) is 9.29 Å². The Labute approximate surface area is 185 Å². The molecule has 0 saturated carbocycles. The van der Waals surface area contributed by atoms with Crippen molar-refractivity contribution in [2.45, 2.75) is 32.1 Å².